The van der Waals surface area contributed by atoms with E-state index >= 15 is 0 Å². The fraction of sp³-hybridized carbons (Fsp3) is 0.667. The van der Waals surface area contributed by atoms with E-state index in [1.165, 1.54) is 12.7 Å². The number of anilines is 1. The van der Waals surface area contributed by atoms with Gasteiger partial charge in [0.05, 0.1) is 19.0 Å². The molecule has 31 heavy (non-hydrogen) atoms. The third-order valence-corrected chi connectivity index (χ3v) is 4.70. The Morgan fingerprint density at radius 3 is 2.77 bits per heavy atom. The molecule has 0 unspecified atom stereocenters. The Morgan fingerprint density at radius 1 is 1.32 bits per heavy atom. The number of carbonyl (C=O) groups is 1. The number of hydrogen-bond donors (Lipinski definition) is 1. The summed E-state index contributed by atoms with van der Waals surface area (Å²) in [5, 5.41) is 6.23. The smallest absolute Gasteiger partial charge is 0.413 e. The molecule has 166 valence electrons. The lowest BCUT2D eigenvalue weighted by Crippen LogP contribution is -2.31. The Labute approximate surface area is 177 Å². The first-order valence-electron chi connectivity index (χ1n) is 9.77. The van der Waals surface area contributed by atoms with Gasteiger partial charge in [-0.05, 0) is 40.1 Å². The standard InChI is InChI=1S/C18H24N8O5/c1-17(2,3)31-16(27)24-13-10-14(21-7-20-13)26(8-22-10)15-12-11(29-18(4,5)30-12)9(28-15)6-23-25-19/h7-9,11-12,15H,6H2,1-5H3,(H,20,21,24,27)/t9-,11-,12-,15-/m1/s1. The van der Waals surface area contributed by atoms with Crippen molar-refractivity contribution in [3.63, 3.8) is 0 Å². The highest BCUT2D eigenvalue weighted by atomic mass is 16.8. The number of rotatable bonds is 4. The van der Waals surface area contributed by atoms with Crippen molar-refractivity contribution in [2.24, 2.45) is 5.11 Å². The van der Waals surface area contributed by atoms with Gasteiger partial charge in [0.1, 0.15) is 24.1 Å². The molecule has 4 rings (SSSR count). The molecule has 2 fully saturated rings. The first-order valence-corrected chi connectivity index (χ1v) is 9.77. The van der Waals surface area contributed by atoms with Gasteiger partial charge >= 0.3 is 6.09 Å². The summed E-state index contributed by atoms with van der Waals surface area (Å²) in [6.07, 6.45) is 0.181. The van der Waals surface area contributed by atoms with E-state index in [1.807, 2.05) is 13.8 Å². The van der Waals surface area contributed by atoms with Crippen molar-refractivity contribution in [2.75, 3.05) is 11.9 Å². The van der Waals surface area contributed by atoms with Gasteiger partial charge < -0.3 is 18.9 Å². The topological polar surface area (TPSA) is 158 Å². The minimum absolute atomic E-state index is 0.0979. The van der Waals surface area contributed by atoms with Crippen LogP contribution in [0, 0.1) is 0 Å². The van der Waals surface area contributed by atoms with Gasteiger partial charge in [0.2, 0.25) is 0 Å². The molecule has 13 heteroatoms. The zero-order valence-electron chi connectivity index (χ0n) is 17.8. The Kier molecular flexibility index (Phi) is 5.21. The molecule has 4 heterocycles. The predicted molar refractivity (Wildman–Crippen MR) is 107 cm³/mol. The van der Waals surface area contributed by atoms with Gasteiger partial charge in [-0.1, -0.05) is 5.11 Å². The van der Waals surface area contributed by atoms with Crippen LogP contribution in [0.4, 0.5) is 10.6 Å². The molecule has 2 saturated heterocycles. The highest BCUT2D eigenvalue weighted by Crippen LogP contribution is 2.44. The zero-order chi connectivity index (χ0) is 22.4. The van der Waals surface area contributed by atoms with Crippen molar-refractivity contribution < 1.29 is 23.7 Å². The second kappa shape index (κ2) is 7.61. The van der Waals surface area contributed by atoms with Crippen molar-refractivity contribution in [1.29, 1.82) is 0 Å². The van der Waals surface area contributed by atoms with E-state index in [4.69, 9.17) is 24.5 Å². The first-order chi connectivity index (χ1) is 14.6. The molecule has 0 spiro atoms. The predicted octanol–water partition coefficient (Wildman–Crippen LogP) is 2.90. The second-order valence-electron chi connectivity index (χ2n) is 8.72. The Hall–Kier alpha value is -2.99. The second-order valence-corrected chi connectivity index (χ2v) is 8.72. The third kappa shape index (κ3) is 4.26. The summed E-state index contributed by atoms with van der Waals surface area (Å²) in [6, 6.07) is 0. The Morgan fingerprint density at radius 2 is 2.06 bits per heavy atom. The number of nitrogens with one attached hydrogen (secondary N) is 1. The first kappa shape index (κ1) is 21.2. The molecule has 0 aromatic carbocycles. The number of imidazole rings is 1. The van der Waals surface area contributed by atoms with Crippen LogP contribution < -0.4 is 5.32 Å². The Bertz CT molecular complexity index is 1040. The van der Waals surface area contributed by atoms with Crippen LogP contribution >= 0.6 is 0 Å². The zero-order valence-corrected chi connectivity index (χ0v) is 17.8. The number of azide groups is 1. The van der Waals surface area contributed by atoms with Gasteiger partial charge in [0.25, 0.3) is 0 Å². The summed E-state index contributed by atoms with van der Waals surface area (Å²) in [7, 11) is 0. The largest absolute Gasteiger partial charge is 0.444 e. The van der Waals surface area contributed by atoms with E-state index in [0.717, 1.165) is 0 Å². The van der Waals surface area contributed by atoms with Crippen molar-refractivity contribution in [1.82, 2.24) is 19.5 Å². The highest BCUT2D eigenvalue weighted by molar-refractivity contribution is 5.93. The molecule has 2 aromatic heterocycles. The average Bonchev–Trinajstić information content (AvgIpc) is 3.30. The molecular formula is C18H24N8O5. The van der Waals surface area contributed by atoms with Crippen LogP contribution in [-0.4, -0.2) is 61.9 Å². The molecular weight excluding hydrogens is 408 g/mol. The van der Waals surface area contributed by atoms with Crippen LogP contribution in [0.5, 0.6) is 0 Å². The normalized spacial score (nSPS) is 27.0. The molecule has 2 aromatic rings. The van der Waals surface area contributed by atoms with Gasteiger partial charge in [-0.15, -0.1) is 0 Å². The molecule has 0 saturated carbocycles. The number of hydrogen-bond acceptors (Lipinski definition) is 9. The summed E-state index contributed by atoms with van der Waals surface area (Å²) in [5.41, 5.74) is 8.83. The summed E-state index contributed by atoms with van der Waals surface area (Å²) >= 11 is 0. The monoisotopic (exact) mass is 432 g/mol. The van der Waals surface area contributed by atoms with Gasteiger partial charge in [-0.2, -0.15) is 0 Å². The number of aromatic nitrogens is 4. The third-order valence-electron chi connectivity index (χ3n) is 4.70. The van der Waals surface area contributed by atoms with Crippen molar-refractivity contribution in [2.45, 2.75) is 70.5 Å². The van der Waals surface area contributed by atoms with Gasteiger partial charge in [-0.25, -0.2) is 19.7 Å². The van der Waals surface area contributed by atoms with Crippen molar-refractivity contribution in [3.8, 4) is 0 Å². The fourth-order valence-electron chi connectivity index (χ4n) is 3.68. The Balaban J connectivity index is 1.64. The van der Waals surface area contributed by atoms with Gasteiger partial charge in [0.15, 0.2) is 29.0 Å². The number of ether oxygens (including phenoxy) is 4. The van der Waals surface area contributed by atoms with Crippen LogP contribution in [0.1, 0.15) is 40.8 Å². The molecule has 0 bridgehead atoms. The van der Waals surface area contributed by atoms with E-state index in [9.17, 15) is 4.79 Å². The number of carbonyl (C=O) groups excluding carboxylic acids is 1. The molecule has 1 amide bonds. The minimum atomic E-state index is -0.819. The molecule has 4 atom stereocenters. The van der Waals surface area contributed by atoms with Gasteiger partial charge in [0, 0.05) is 4.91 Å². The minimum Gasteiger partial charge on any atom is -0.444 e. The van der Waals surface area contributed by atoms with Crippen LogP contribution in [0.15, 0.2) is 17.8 Å². The van der Waals surface area contributed by atoms with E-state index < -0.39 is 42.0 Å². The number of fused-ring (bicyclic) bond motifs is 2. The highest BCUT2D eigenvalue weighted by Gasteiger charge is 2.55. The molecule has 2 aliphatic heterocycles. The quantitative estimate of drug-likeness (QED) is 0.438. The number of amides is 1. The van der Waals surface area contributed by atoms with E-state index in [0.29, 0.717) is 11.2 Å². The van der Waals surface area contributed by atoms with E-state index in [1.54, 1.807) is 25.3 Å². The van der Waals surface area contributed by atoms with E-state index in [-0.39, 0.29) is 12.4 Å². The molecule has 1 N–H and O–H groups in total. The van der Waals surface area contributed by atoms with Crippen molar-refractivity contribution >= 4 is 23.1 Å². The van der Waals surface area contributed by atoms with Gasteiger partial charge in [-0.3, -0.25) is 9.88 Å². The van der Waals surface area contributed by atoms with Crippen LogP contribution in [0.2, 0.25) is 0 Å². The maximum Gasteiger partial charge on any atom is 0.413 e. The molecule has 2 aliphatic rings. The lowest BCUT2D eigenvalue weighted by atomic mass is 10.1. The SMILES string of the molecule is CC(C)(C)OC(=O)Nc1ncnc2c1ncn2[C@@H]1O[C@H](CN=[N+]=[N-])[C@H]2OC(C)(C)O[C@H]21. The van der Waals surface area contributed by atoms with Crippen LogP contribution in [0.25, 0.3) is 21.6 Å². The molecule has 13 nitrogen and oxygen atoms in total. The molecule has 0 aliphatic carbocycles. The molecule has 0 radical (unpaired) electrons. The maximum atomic E-state index is 12.2. The summed E-state index contributed by atoms with van der Waals surface area (Å²) in [4.78, 5) is 27.8. The lowest BCUT2D eigenvalue weighted by molar-refractivity contribution is -0.195. The van der Waals surface area contributed by atoms with Crippen molar-refractivity contribution in [3.05, 3.63) is 23.1 Å². The average molecular weight is 432 g/mol. The lowest BCUT2D eigenvalue weighted by Gasteiger charge is -2.24. The number of nitrogens with zero attached hydrogens (tertiary/aromatic N) is 7. The van der Waals surface area contributed by atoms with E-state index in [2.05, 4.69) is 30.3 Å². The summed E-state index contributed by atoms with van der Waals surface area (Å²) in [6.45, 7) is 9.02. The maximum absolute atomic E-state index is 12.2. The van der Waals surface area contributed by atoms with Crippen LogP contribution in [0.3, 0.4) is 0 Å². The summed E-state index contributed by atoms with van der Waals surface area (Å²) < 4.78 is 25.1. The fourth-order valence-corrected chi connectivity index (χ4v) is 3.68. The summed E-state index contributed by atoms with van der Waals surface area (Å²) in [5.74, 6) is -0.608. The van der Waals surface area contributed by atoms with Crippen LogP contribution in [-0.2, 0) is 18.9 Å².